The molecule has 0 heterocycles. The van der Waals surface area contributed by atoms with Gasteiger partial charge in [0.05, 0.1) is 4.92 Å². The summed E-state index contributed by atoms with van der Waals surface area (Å²) in [6, 6.07) is 6.54. The van der Waals surface area contributed by atoms with Crippen molar-refractivity contribution in [2.45, 2.75) is 11.8 Å². The van der Waals surface area contributed by atoms with Crippen molar-refractivity contribution in [3.8, 4) is 0 Å². The molecule has 0 spiro atoms. The highest BCUT2D eigenvalue weighted by atomic mass is 32.2. The predicted octanol–water partition coefficient (Wildman–Crippen LogP) is 2.21. The number of rotatable bonds is 4. The van der Waals surface area contributed by atoms with Crippen LogP contribution in [0.25, 0.3) is 0 Å². The minimum absolute atomic E-state index is 0.128. The zero-order valence-electron chi connectivity index (χ0n) is 7.19. The van der Waals surface area contributed by atoms with Crippen LogP contribution in [0.5, 0.6) is 0 Å². The summed E-state index contributed by atoms with van der Waals surface area (Å²) in [5.74, 6) is 0. The minimum atomic E-state index is -0.393. The Labute approximate surface area is 80.6 Å². The van der Waals surface area contributed by atoms with Gasteiger partial charge in [-0.3, -0.25) is 14.8 Å². The fourth-order valence-corrected chi connectivity index (χ4v) is 1.45. The van der Waals surface area contributed by atoms with Crippen molar-refractivity contribution >= 4 is 17.6 Å². The highest BCUT2D eigenvalue weighted by Crippen LogP contribution is 2.20. The third-order valence-electron chi connectivity index (χ3n) is 1.36. The average molecular weight is 198 g/mol. The number of nitrogens with one attached hydrogen (secondary N) is 1. The van der Waals surface area contributed by atoms with E-state index in [1.165, 1.54) is 18.0 Å². The number of hydrogen-bond acceptors (Lipinski definition) is 4. The molecule has 0 atom stereocenters. The van der Waals surface area contributed by atoms with E-state index in [4.69, 9.17) is 0 Å². The standard InChI is InChI=1S/C8H10N2O2S/c1-2-9-13-8-5-3-4-7(6-8)10(11)12/h3-6,9H,2H2,1H3. The van der Waals surface area contributed by atoms with Crippen molar-refractivity contribution in [3.63, 3.8) is 0 Å². The average Bonchev–Trinajstić information content (AvgIpc) is 2.15. The SMILES string of the molecule is CCNSc1cccc([N+](=O)[O-])c1. The summed E-state index contributed by atoms with van der Waals surface area (Å²) in [6.07, 6.45) is 0. The van der Waals surface area contributed by atoms with Crippen molar-refractivity contribution in [2.24, 2.45) is 0 Å². The van der Waals surface area contributed by atoms with E-state index in [0.29, 0.717) is 0 Å². The topological polar surface area (TPSA) is 55.2 Å². The Kier molecular flexibility index (Phi) is 3.72. The molecule has 1 N–H and O–H groups in total. The monoisotopic (exact) mass is 198 g/mol. The smallest absolute Gasteiger partial charge is 0.260 e. The van der Waals surface area contributed by atoms with Gasteiger partial charge in [0.15, 0.2) is 0 Å². The number of nitro benzene ring substituents is 1. The Bertz CT molecular complexity index is 304. The van der Waals surface area contributed by atoms with Crippen LogP contribution in [0.4, 0.5) is 5.69 Å². The van der Waals surface area contributed by atoms with Gasteiger partial charge < -0.3 is 0 Å². The first-order valence-electron chi connectivity index (χ1n) is 3.88. The summed E-state index contributed by atoms with van der Waals surface area (Å²) in [5, 5.41) is 10.4. The Morgan fingerprint density at radius 2 is 2.38 bits per heavy atom. The molecule has 5 heteroatoms. The van der Waals surface area contributed by atoms with E-state index in [1.807, 2.05) is 13.0 Å². The molecule has 1 rings (SSSR count). The second-order valence-electron chi connectivity index (χ2n) is 2.35. The molecule has 70 valence electrons. The lowest BCUT2D eigenvalue weighted by molar-refractivity contribution is -0.385. The molecule has 0 aliphatic rings. The van der Waals surface area contributed by atoms with Gasteiger partial charge in [0.1, 0.15) is 0 Å². The van der Waals surface area contributed by atoms with Gasteiger partial charge in [-0.1, -0.05) is 13.0 Å². The Hall–Kier alpha value is -1.07. The zero-order chi connectivity index (χ0) is 9.68. The highest BCUT2D eigenvalue weighted by Gasteiger charge is 2.04. The van der Waals surface area contributed by atoms with Crippen molar-refractivity contribution in [2.75, 3.05) is 6.54 Å². The lowest BCUT2D eigenvalue weighted by Crippen LogP contribution is -2.00. The molecule has 1 aromatic rings. The quantitative estimate of drug-likeness (QED) is 0.458. The highest BCUT2D eigenvalue weighted by molar-refractivity contribution is 7.97. The molecule has 0 unspecified atom stereocenters. The molecule has 0 fully saturated rings. The Balaban J connectivity index is 2.73. The molecule has 0 aliphatic carbocycles. The Morgan fingerprint density at radius 3 is 3.00 bits per heavy atom. The van der Waals surface area contributed by atoms with Crippen molar-refractivity contribution in [1.82, 2.24) is 4.72 Å². The Morgan fingerprint density at radius 1 is 1.62 bits per heavy atom. The zero-order valence-corrected chi connectivity index (χ0v) is 8.00. The van der Waals surface area contributed by atoms with Gasteiger partial charge in [0, 0.05) is 23.6 Å². The van der Waals surface area contributed by atoms with Crippen LogP contribution in [0.1, 0.15) is 6.92 Å². The first-order chi connectivity index (χ1) is 6.24. The summed E-state index contributed by atoms with van der Waals surface area (Å²) in [7, 11) is 0. The van der Waals surface area contributed by atoms with Gasteiger partial charge >= 0.3 is 0 Å². The number of hydrogen-bond donors (Lipinski definition) is 1. The molecule has 0 aromatic heterocycles. The first kappa shape index (κ1) is 10.0. The summed E-state index contributed by atoms with van der Waals surface area (Å²) in [4.78, 5) is 10.9. The van der Waals surface area contributed by atoms with E-state index < -0.39 is 4.92 Å². The van der Waals surface area contributed by atoms with Crippen LogP contribution >= 0.6 is 11.9 Å². The van der Waals surface area contributed by atoms with Crippen molar-refractivity contribution in [3.05, 3.63) is 34.4 Å². The minimum Gasteiger partial charge on any atom is -0.260 e. The van der Waals surface area contributed by atoms with E-state index in [2.05, 4.69) is 4.72 Å². The van der Waals surface area contributed by atoms with E-state index in [-0.39, 0.29) is 5.69 Å². The second-order valence-corrected chi connectivity index (χ2v) is 3.32. The molecular weight excluding hydrogens is 188 g/mol. The molecule has 0 saturated carbocycles. The van der Waals surface area contributed by atoms with Crippen LogP contribution in [0.3, 0.4) is 0 Å². The fourth-order valence-electron chi connectivity index (χ4n) is 0.816. The molecule has 0 bridgehead atoms. The number of nitrogens with zero attached hydrogens (tertiary/aromatic N) is 1. The number of non-ortho nitro benzene ring substituents is 1. The van der Waals surface area contributed by atoms with Crippen LogP contribution < -0.4 is 4.72 Å². The van der Waals surface area contributed by atoms with E-state index in [0.717, 1.165) is 11.4 Å². The van der Waals surface area contributed by atoms with Crippen LogP contribution in [-0.2, 0) is 0 Å². The van der Waals surface area contributed by atoms with Crippen LogP contribution in [0.2, 0.25) is 0 Å². The maximum atomic E-state index is 10.4. The molecule has 1 aromatic carbocycles. The van der Waals surface area contributed by atoms with Gasteiger partial charge in [-0.2, -0.15) is 0 Å². The molecule has 0 radical (unpaired) electrons. The lowest BCUT2D eigenvalue weighted by Gasteiger charge is -1.99. The predicted molar refractivity (Wildman–Crippen MR) is 52.6 cm³/mol. The summed E-state index contributed by atoms with van der Waals surface area (Å²) in [6.45, 7) is 2.80. The third-order valence-corrected chi connectivity index (χ3v) is 2.29. The van der Waals surface area contributed by atoms with Crippen LogP contribution in [-0.4, -0.2) is 11.5 Å². The maximum Gasteiger partial charge on any atom is 0.270 e. The van der Waals surface area contributed by atoms with Crippen LogP contribution in [0.15, 0.2) is 29.2 Å². The molecule has 0 amide bonds. The summed E-state index contributed by atoms with van der Waals surface area (Å²) >= 11 is 1.40. The van der Waals surface area contributed by atoms with Gasteiger partial charge in [-0.25, -0.2) is 0 Å². The maximum absolute atomic E-state index is 10.4. The van der Waals surface area contributed by atoms with Gasteiger partial charge in [-0.05, 0) is 18.0 Å². The van der Waals surface area contributed by atoms with Crippen molar-refractivity contribution < 1.29 is 4.92 Å². The largest absolute Gasteiger partial charge is 0.270 e. The normalized spacial score (nSPS) is 9.92. The summed E-state index contributed by atoms with van der Waals surface area (Å²) in [5.41, 5.74) is 0.128. The van der Waals surface area contributed by atoms with Gasteiger partial charge in [0.25, 0.3) is 5.69 Å². The van der Waals surface area contributed by atoms with Gasteiger partial charge in [0.2, 0.25) is 0 Å². The van der Waals surface area contributed by atoms with E-state index in [1.54, 1.807) is 12.1 Å². The number of benzene rings is 1. The summed E-state index contributed by atoms with van der Waals surface area (Å²) < 4.78 is 3.02. The number of nitro groups is 1. The molecule has 13 heavy (non-hydrogen) atoms. The lowest BCUT2D eigenvalue weighted by atomic mass is 10.3. The first-order valence-corrected chi connectivity index (χ1v) is 4.70. The molecule has 0 aliphatic heterocycles. The van der Waals surface area contributed by atoms with Gasteiger partial charge in [-0.15, -0.1) is 0 Å². The third kappa shape index (κ3) is 3.04. The van der Waals surface area contributed by atoms with Crippen molar-refractivity contribution in [1.29, 1.82) is 0 Å². The second kappa shape index (κ2) is 4.84. The molecular formula is C8H10N2O2S. The van der Waals surface area contributed by atoms with E-state index >= 15 is 0 Å². The van der Waals surface area contributed by atoms with E-state index in [9.17, 15) is 10.1 Å². The fraction of sp³-hybridized carbons (Fsp3) is 0.250. The molecule has 0 saturated heterocycles. The molecule has 4 nitrogen and oxygen atoms in total. The van der Waals surface area contributed by atoms with Crippen LogP contribution in [0, 0.1) is 10.1 Å².